The van der Waals surface area contributed by atoms with Gasteiger partial charge >= 0.3 is 13.3 Å². The number of likely N-dealkylation sites (N-methyl/N-ethyl adjacent to an activating group) is 1. The zero-order valence-electron chi connectivity index (χ0n) is 21.8. The summed E-state index contributed by atoms with van der Waals surface area (Å²) in [5.74, 6) is -0.935. The van der Waals surface area contributed by atoms with E-state index in [-0.39, 0.29) is 31.5 Å². The third-order valence-corrected chi connectivity index (χ3v) is 8.01. The van der Waals surface area contributed by atoms with E-state index in [0.717, 1.165) is 4.57 Å². The van der Waals surface area contributed by atoms with Gasteiger partial charge in [-0.3, -0.25) is 23.7 Å². The van der Waals surface area contributed by atoms with Crippen molar-refractivity contribution in [3.05, 3.63) is 32.6 Å². The Morgan fingerprint density at radius 2 is 1.94 bits per heavy atom. The molecule has 0 aliphatic carbocycles. The second-order valence-electron chi connectivity index (χ2n) is 9.00. The summed E-state index contributed by atoms with van der Waals surface area (Å²) in [5, 5.41) is 13.9. The number of aromatic nitrogens is 2. The molecular formula is C22H39N4O9P. The number of nitrogens with zero attached hydrogens (tertiary/aromatic N) is 2. The predicted molar refractivity (Wildman–Crippen MR) is 132 cm³/mol. The van der Waals surface area contributed by atoms with Crippen LogP contribution in [0.4, 0.5) is 0 Å². The van der Waals surface area contributed by atoms with Crippen molar-refractivity contribution in [2.75, 3.05) is 53.2 Å². The number of hydrogen-bond acceptors (Lipinski definition) is 10. The first-order valence-electron chi connectivity index (χ1n) is 12.0. The van der Waals surface area contributed by atoms with Gasteiger partial charge in [-0.2, -0.15) is 0 Å². The fourth-order valence-corrected chi connectivity index (χ4v) is 5.95. The number of amides is 1. The van der Waals surface area contributed by atoms with Crippen LogP contribution in [-0.2, 0) is 27.9 Å². The third kappa shape index (κ3) is 8.07. The molecule has 1 aliphatic heterocycles. The molecule has 2 heterocycles. The highest BCUT2D eigenvalue weighted by molar-refractivity contribution is 7.53. The number of hydrogen-bond donors (Lipinski definition) is 3. The van der Waals surface area contributed by atoms with E-state index in [0.29, 0.717) is 13.1 Å². The molecule has 3 N–H and O–H groups in total. The fraction of sp³-hybridized carbons (Fsp3) is 0.773. The van der Waals surface area contributed by atoms with Crippen molar-refractivity contribution in [2.45, 2.75) is 52.2 Å². The molecule has 1 saturated heterocycles. The quantitative estimate of drug-likeness (QED) is 0.279. The van der Waals surface area contributed by atoms with E-state index < -0.39 is 55.2 Å². The molecule has 13 nitrogen and oxygen atoms in total. The molecule has 0 saturated carbocycles. The Kier molecular flexibility index (Phi) is 11.5. The summed E-state index contributed by atoms with van der Waals surface area (Å²) in [6, 6.07) is 0. The van der Waals surface area contributed by atoms with Crippen molar-refractivity contribution in [2.24, 2.45) is 5.92 Å². The van der Waals surface area contributed by atoms with Crippen LogP contribution in [-0.4, -0.2) is 96.9 Å². The summed E-state index contributed by atoms with van der Waals surface area (Å²) in [6.07, 6.45) is -3.21. The molecule has 206 valence electrons. The van der Waals surface area contributed by atoms with Crippen LogP contribution in [0.5, 0.6) is 0 Å². The molecule has 0 unspecified atom stereocenters. The first kappa shape index (κ1) is 30.4. The number of nitrogens with one attached hydrogen (secondary N) is 2. The molecule has 1 aliphatic rings. The van der Waals surface area contributed by atoms with Crippen molar-refractivity contribution < 1.29 is 33.0 Å². The first-order valence-corrected chi connectivity index (χ1v) is 13.7. The predicted octanol–water partition coefficient (Wildman–Crippen LogP) is 0.0685. The van der Waals surface area contributed by atoms with Crippen molar-refractivity contribution >= 4 is 13.5 Å². The highest BCUT2D eigenvalue weighted by Crippen LogP contribution is 2.51. The highest BCUT2D eigenvalue weighted by Gasteiger charge is 2.49. The van der Waals surface area contributed by atoms with Crippen LogP contribution in [0.2, 0.25) is 0 Å². The van der Waals surface area contributed by atoms with Crippen LogP contribution in [0.3, 0.4) is 0 Å². The van der Waals surface area contributed by atoms with Crippen molar-refractivity contribution in [1.29, 1.82) is 0 Å². The minimum atomic E-state index is -3.46. The van der Waals surface area contributed by atoms with Gasteiger partial charge in [0, 0.05) is 24.8 Å². The van der Waals surface area contributed by atoms with Gasteiger partial charge in [-0.15, -0.1) is 0 Å². The zero-order valence-corrected chi connectivity index (χ0v) is 22.7. The normalized spacial score (nSPS) is 23.2. The maximum absolute atomic E-state index is 13.1. The third-order valence-electron chi connectivity index (χ3n) is 5.68. The summed E-state index contributed by atoms with van der Waals surface area (Å²) < 4.78 is 36.7. The summed E-state index contributed by atoms with van der Waals surface area (Å²) in [7, 11) is 0.294. The van der Waals surface area contributed by atoms with Crippen LogP contribution >= 0.6 is 7.60 Å². The van der Waals surface area contributed by atoms with Gasteiger partial charge in [0.15, 0.2) is 6.23 Å². The van der Waals surface area contributed by atoms with Gasteiger partial charge in [0.1, 0.15) is 18.8 Å². The Morgan fingerprint density at radius 1 is 1.31 bits per heavy atom. The van der Waals surface area contributed by atoms with Gasteiger partial charge in [-0.05, 0) is 40.8 Å². The standard InChI is InChI=1S/C22H39N4O9P/c1-7-33-36(31,34-8-2)13-15(4)18-17(28)19(32-12-16(27)23-9-10-25(5)6)21(35-18)26-11-14(3)20(29)24-22(26)30/h11,15,17-19,21,28H,7-10,12-13H2,1-6H3,(H,23,27)(H,24,29,30)/t15-,17+,18+,19+,21+/m0/s1. The van der Waals surface area contributed by atoms with Crippen molar-refractivity contribution in [1.82, 2.24) is 19.8 Å². The van der Waals surface area contributed by atoms with E-state index in [9.17, 15) is 24.1 Å². The summed E-state index contributed by atoms with van der Waals surface area (Å²) >= 11 is 0. The Bertz CT molecular complexity index is 1020. The summed E-state index contributed by atoms with van der Waals surface area (Å²) in [6.45, 7) is 7.66. The number of aliphatic hydroxyl groups is 1. The average molecular weight is 535 g/mol. The molecule has 0 bridgehead atoms. The monoisotopic (exact) mass is 534 g/mol. The molecule has 0 spiro atoms. The topological polar surface area (TPSA) is 161 Å². The first-order chi connectivity index (χ1) is 16.9. The lowest BCUT2D eigenvalue weighted by Gasteiger charge is -2.26. The number of aliphatic hydroxyl groups excluding tert-OH is 1. The Morgan fingerprint density at radius 3 is 2.53 bits per heavy atom. The van der Waals surface area contributed by atoms with E-state index in [1.54, 1.807) is 20.8 Å². The van der Waals surface area contributed by atoms with Crippen LogP contribution < -0.4 is 16.6 Å². The zero-order chi connectivity index (χ0) is 27.0. The van der Waals surface area contributed by atoms with Gasteiger partial charge in [0.25, 0.3) is 5.56 Å². The minimum Gasteiger partial charge on any atom is -0.387 e. The molecule has 14 heteroatoms. The number of H-pyrrole nitrogens is 1. The van der Waals surface area contributed by atoms with Crippen molar-refractivity contribution in [3.63, 3.8) is 0 Å². The largest absolute Gasteiger partial charge is 0.387 e. The van der Waals surface area contributed by atoms with Gasteiger partial charge in [-0.1, -0.05) is 6.92 Å². The Balaban J connectivity index is 2.27. The summed E-state index contributed by atoms with van der Waals surface area (Å²) in [5.41, 5.74) is -1.05. The molecule has 1 aromatic heterocycles. The maximum Gasteiger partial charge on any atom is 0.331 e. The molecule has 5 atom stereocenters. The number of rotatable bonds is 14. The molecule has 1 fully saturated rings. The second-order valence-corrected chi connectivity index (χ2v) is 11.1. The molecular weight excluding hydrogens is 495 g/mol. The van der Waals surface area contributed by atoms with Crippen LogP contribution in [0, 0.1) is 12.8 Å². The lowest BCUT2D eigenvalue weighted by Crippen LogP contribution is -2.42. The van der Waals surface area contributed by atoms with E-state index in [2.05, 4.69) is 10.3 Å². The van der Waals surface area contributed by atoms with Gasteiger partial charge < -0.3 is 33.8 Å². The number of aromatic amines is 1. The van der Waals surface area contributed by atoms with Crippen LogP contribution in [0.25, 0.3) is 0 Å². The van der Waals surface area contributed by atoms with Crippen LogP contribution in [0.15, 0.2) is 15.8 Å². The molecule has 0 aromatic carbocycles. The minimum absolute atomic E-state index is 0.0413. The van der Waals surface area contributed by atoms with Gasteiger partial charge in [0.05, 0.1) is 25.5 Å². The Labute approximate surface area is 210 Å². The molecule has 1 aromatic rings. The SMILES string of the molecule is CCOP(=O)(C[C@H](C)[C@H]1O[C@@H](n2cc(C)c(=O)[nH]c2=O)[C@H](OCC(=O)NCCN(C)C)[C@@H]1O)OCC. The van der Waals surface area contributed by atoms with Crippen molar-refractivity contribution in [3.8, 4) is 0 Å². The second kappa shape index (κ2) is 13.6. The lowest BCUT2D eigenvalue weighted by atomic mass is 10.00. The molecule has 36 heavy (non-hydrogen) atoms. The molecule has 2 rings (SSSR count). The highest BCUT2D eigenvalue weighted by atomic mass is 31.2. The number of carbonyl (C=O) groups excluding carboxylic acids is 1. The number of aryl methyl sites for hydroxylation is 1. The molecule has 0 radical (unpaired) electrons. The Hall–Kier alpha value is -1.86. The molecule has 1 amide bonds. The van der Waals surface area contributed by atoms with E-state index >= 15 is 0 Å². The smallest absolute Gasteiger partial charge is 0.331 e. The van der Waals surface area contributed by atoms with Gasteiger partial charge in [0.2, 0.25) is 5.91 Å². The van der Waals surface area contributed by atoms with E-state index in [1.807, 2.05) is 19.0 Å². The number of ether oxygens (including phenoxy) is 2. The van der Waals surface area contributed by atoms with E-state index in [1.165, 1.54) is 13.1 Å². The van der Waals surface area contributed by atoms with Gasteiger partial charge in [-0.25, -0.2) is 4.79 Å². The van der Waals surface area contributed by atoms with Crippen LogP contribution in [0.1, 0.15) is 32.6 Å². The average Bonchev–Trinajstić information content (AvgIpc) is 3.10. The number of carbonyl (C=O) groups is 1. The fourth-order valence-electron chi connectivity index (χ4n) is 3.96. The lowest BCUT2D eigenvalue weighted by molar-refractivity contribution is -0.133. The maximum atomic E-state index is 13.1. The van der Waals surface area contributed by atoms with E-state index in [4.69, 9.17) is 18.5 Å². The summed E-state index contributed by atoms with van der Waals surface area (Å²) in [4.78, 5) is 40.8.